The Morgan fingerprint density at radius 3 is 2.19 bits per heavy atom. The van der Waals surface area contributed by atoms with E-state index < -0.39 is 0 Å². The number of thiocarbonyl (C=S) groups is 1. The van der Waals surface area contributed by atoms with Crippen molar-refractivity contribution in [1.29, 1.82) is 0 Å². The topological polar surface area (TPSA) is 48.8 Å². The lowest BCUT2D eigenvalue weighted by atomic mass is 10.2. The predicted octanol–water partition coefficient (Wildman–Crippen LogP) is 6.53. The number of benzene rings is 3. The molecule has 0 unspecified atom stereocenters. The van der Waals surface area contributed by atoms with E-state index in [0.717, 1.165) is 28.3 Å². The van der Waals surface area contributed by atoms with Crippen LogP contribution in [0.4, 0.5) is 22.7 Å². The van der Waals surface area contributed by atoms with Gasteiger partial charge in [0.1, 0.15) is 5.69 Å². The molecule has 2 N–H and O–H groups in total. The fourth-order valence-electron chi connectivity index (χ4n) is 2.37. The second kappa shape index (κ2) is 8.36. The fraction of sp³-hybridized carbons (Fsp3) is 0.0952. The summed E-state index contributed by atoms with van der Waals surface area (Å²) in [6.07, 6.45) is 0. The first kappa shape index (κ1) is 17.8. The van der Waals surface area contributed by atoms with Gasteiger partial charge >= 0.3 is 0 Å². The molecule has 3 aromatic rings. The Balaban J connectivity index is 1.77. The van der Waals surface area contributed by atoms with E-state index in [-0.39, 0.29) is 0 Å². The number of nitrogens with one attached hydrogen (secondary N) is 2. The number of hydrogen-bond acceptors (Lipinski definition) is 3. The summed E-state index contributed by atoms with van der Waals surface area (Å²) < 4.78 is 0. The Morgan fingerprint density at radius 1 is 0.769 bits per heavy atom. The molecule has 0 heterocycles. The Labute approximate surface area is 159 Å². The third kappa shape index (κ3) is 4.97. The number of hydrogen-bond donors (Lipinski definition) is 2. The first-order valence-corrected chi connectivity index (χ1v) is 8.73. The monoisotopic (exact) mass is 360 g/mol. The molecular weight excluding hydrogens is 340 g/mol. The predicted molar refractivity (Wildman–Crippen MR) is 113 cm³/mol. The molecule has 0 bridgehead atoms. The molecule has 0 radical (unpaired) electrons. The van der Waals surface area contributed by atoms with Crippen LogP contribution in [-0.4, -0.2) is 5.11 Å². The van der Waals surface area contributed by atoms with Gasteiger partial charge in [-0.15, -0.1) is 5.11 Å². The summed E-state index contributed by atoms with van der Waals surface area (Å²) in [6, 6.07) is 23.7. The van der Waals surface area contributed by atoms with Gasteiger partial charge in [0.2, 0.25) is 0 Å². The molecule has 0 aliphatic carbocycles. The summed E-state index contributed by atoms with van der Waals surface area (Å²) in [5.74, 6) is 0. The van der Waals surface area contributed by atoms with E-state index in [1.165, 1.54) is 5.56 Å². The summed E-state index contributed by atoms with van der Waals surface area (Å²) >= 11 is 5.42. The van der Waals surface area contributed by atoms with Gasteiger partial charge in [0.25, 0.3) is 0 Å². The van der Waals surface area contributed by atoms with Crippen molar-refractivity contribution in [1.82, 2.24) is 0 Å². The van der Waals surface area contributed by atoms with Crippen LogP contribution < -0.4 is 10.6 Å². The molecule has 26 heavy (non-hydrogen) atoms. The SMILES string of the molecule is Cc1ccc(N=Nc2ccc(C)cc2NC(=S)Nc2ccccc2)cc1. The van der Waals surface area contributed by atoms with Crippen molar-refractivity contribution in [2.75, 3.05) is 10.6 Å². The van der Waals surface area contributed by atoms with Crippen LogP contribution in [0.1, 0.15) is 11.1 Å². The van der Waals surface area contributed by atoms with Gasteiger partial charge in [0, 0.05) is 5.69 Å². The number of azo groups is 1. The van der Waals surface area contributed by atoms with E-state index in [1.807, 2.05) is 86.6 Å². The zero-order valence-corrected chi connectivity index (χ0v) is 15.5. The first-order valence-electron chi connectivity index (χ1n) is 8.32. The lowest BCUT2D eigenvalue weighted by Crippen LogP contribution is -2.19. The molecule has 0 aromatic heterocycles. The molecule has 0 aliphatic heterocycles. The molecule has 0 fully saturated rings. The fourth-order valence-corrected chi connectivity index (χ4v) is 2.59. The molecule has 0 atom stereocenters. The quantitative estimate of drug-likeness (QED) is 0.411. The standard InChI is InChI=1S/C21H20N4S/c1-15-8-11-18(12-9-15)24-25-19-13-10-16(2)14-20(19)23-21(26)22-17-6-4-3-5-7-17/h3-14H,1-2H3,(H2,22,23,26). The highest BCUT2D eigenvalue weighted by Crippen LogP contribution is 2.28. The van der Waals surface area contributed by atoms with Crippen molar-refractivity contribution in [3.63, 3.8) is 0 Å². The number of aryl methyl sites for hydroxylation is 2. The van der Waals surface area contributed by atoms with Gasteiger partial charge in [-0.05, 0) is 68.0 Å². The lowest BCUT2D eigenvalue weighted by molar-refractivity contribution is 1.22. The Bertz CT molecular complexity index is 919. The summed E-state index contributed by atoms with van der Waals surface area (Å²) in [6.45, 7) is 4.07. The van der Waals surface area contributed by atoms with Gasteiger partial charge in [-0.3, -0.25) is 0 Å². The van der Waals surface area contributed by atoms with Gasteiger partial charge < -0.3 is 10.6 Å². The number of para-hydroxylation sites is 1. The molecule has 0 amide bonds. The number of rotatable bonds is 4. The van der Waals surface area contributed by atoms with Crippen molar-refractivity contribution in [2.24, 2.45) is 10.2 Å². The number of anilines is 2. The second-order valence-electron chi connectivity index (χ2n) is 6.00. The van der Waals surface area contributed by atoms with E-state index in [9.17, 15) is 0 Å². The van der Waals surface area contributed by atoms with Crippen LogP contribution in [-0.2, 0) is 0 Å². The highest BCUT2D eigenvalue weighted by atomic mass is 32.1. The van der Waals surface area contributed by atoms with Gasteiger partial charge in [0.05, 0.1) is 11.4 Å². The maximum Gasteiger partial charge on any atom is 0.175 e. The van der Waals surface area contributed by atoms with Crippen LogP contribution in [0, 0.1) is 13.8 Å². The van der Waals surface area contributed by atoms with E-state index in [1.54, 1.807) is 0 Å². The lowest BCUT2D eigenvalue weighted by Gasteiger charge is -2.12. The minimum absolute atomic E-state index is 0.508. The average molecular weight is 360 g/mol. The van der Waals surface area contributed by atoms with Crippen LogP contribution in [0.2, 0.25) is 0 Å². The molecule has 0 aliphatic rings. The molecule has 130 valence electrons. The summed E-state index contributed by atoms with van der Waals surface area (Å²) in [5, 5.41) is 15.6. The van der Waals surface area contributed by atoms with E-state index in [2.05, 4.69) is 20.9 Å². The zero-order chi connectivity index (χ0) is 18.4. The van der Waals surface area contributed by atoms with Gasteiger partial charge in [-0.25, -0.2) is 0 Å². The highest BCUT2D eigenvalue weighted by molar-refractivity contribution is 7.80. The average Bonchev–Trinajstić information content (AvgIpc) is 2.63. The van der Waals surface area contributed by atoms with Crippen molar-refractivity contribution < 1.29 is 0 Å². The van der Waals surface area contributed by atoms with E-state index >= 15 is 0 Å². The molecule has 0 saturated heterocycles. The van der Waals surface area contributed by atoms with Crippen molar-refractivity contribution in [3.05, 3.63) is 83.9 Å². The van der Waals surface area contributed by atoms with Gasteiger partial charge in [0.15, 0.2) is 5.11 Å². The zero-order valence-electron chi connectivity index (χ0n) is 14.7. The summed E-state index contributed by atoms with van der Waals surface area (Å²) in [7, 11) is 0. The largest absolute Gasteiger partial charge is 0.332 e. The molecule has 3 rings (SSSR count). The van der Waals surface area contributed by atoms with Gasteiger partial charge in [-0.1, -0.05) is 42.0 Å². The maximum atomic E-state index is 5.42. The summed E-state index contributed by atoms with van der Waals surface area (Å²) in [4.78, 5) is 0. The minimum atomic E-state index is 0.508. The van der Waals surface area contributed by atoms with Crippen LogP contribution in [0.25, 0.3) is 0 Å². The third-order valence-corrected chi connectivity index (χ3v) is 3.94. The van der Waals surface area contributed by atoms with Gasteiger partial charge in [-0.2, -0.15) is 5.11 Å². The molecule has 3 aromatic carbocycles. The molecule has 5 heteroatoms. The van der Waals surface area contributed by atoms with Crippen LogP contribution in [0.15, 0.2) is 83.0 Å². The van der Waals surface area contributed by atoms with Crippen molar-refractivity contribution in [3.8, 4) is 0 Å². The third-order valence-electron chi connectivity index (χ3n) is 3.74. The van der Waals surface area contributed by atoms with Crippen LogP contribution in [0.5, 0.6) is 0 Å². The molecule has 0 spiro atoms. The smallest absolute Gasteiger partial charge is 0.175 e. The summed E-state index contributed by atoms with van der Waals surface area (Å²) in [5.41, 5.74) is 5.60. The van der Waals surface area contributed by atoms with Crippen LogP contribution >= 0.6 is 12.2 Å². The van der Waals surface area contributed by atoms with Crippen molar-refractivity contribution in [2.45, 2.75) is 13.8 Å². The van der Waals surface area contributed by atoms with Crippen LogP contribution in [0.3, 0.4) is 0 Å². The Hall–Kier alpha value is -3.05. The first-order chi connectivity index (χ1) is 12.6. The minimum Gasteiger partial charge on any atom is -0.332 e. The maximum absolute atomic E-state index is 5.42. The second-order valence-corrected chi connectivity index (χ2v) is 6.41. The molecular formula is C21H20N4S. The Kier molecular flexibility index (Phi) is 5.71. The highest BCUT2D eigenvalue weighted by Gasteiger charge is 2.05. The Morgan fingerprint density at radius 2 is 1.46 bits per heavy atom. The number of nitrogens with zero attached hydrogens (tertiary/aromatic N) is 2. The van der Waals surface area contributed by atoms with E-state index in [0.29, 0.717) is 5.11 Å². The molecule has 0 saturated carbocycles. The van der Waals surface area contributed by atoms with Crippen molar-refractivity contribution >= 4 is 40.1 Å². The van der Waals surface area contributed by atoms with E-state index in [4.69, 9.17) is 12.2 Å². The normalized spacial score (nSPS) is 10.7. The molecule has 4 nitrogen and oxygen atoms in total.